The van der Waals surface area contributed by atoms with Crippen LogP contribution in [0.3, 0.4) is 0 Å². The number of halogens is 3. The van der Waals surface area contributed by atoms with Crippen molar-refractivity contribution in [1.29, 1.82) is 0 Å². The predicted molar refractivity (Wildman–Crippen MR) is 72.1 cm³/mol. The number of aromatic nitrogens is 2. The first-order chi connectivity index (χ1) is 9.90. The van der Waals surface area contributed by atoms with Gasteiger partial charge in [-0.05, 0) is 19.1 Å². The summed E-state index contributed by atoms with van der Waals surface area (Å²) in [5.41, 5.74) is -0.108. The standard InChI is InChI=1S/C14H14F3N3O/c1-9-7-12(18-2)20-13(19-9)8-21-11-6-4-3-5-10(11)14(15,16)17/h3-7H,8H2,1-2H3,(H,18,19,20). The summed E-state index contributed by atoms with van der Waals surface area (Å²) >= 11 is 0. The Bertz CT molecular complexity index is 629. The number of aryl methyl sites for hydroxylation is 1. The van der Waals surface area contributed by atoms with Crippen LogP contribution < -0.4 is 10.1 Å². The maximum atomic E-state index is 12.8. The molecule has 0 saturated heterocycles. The SMILES string of the molecule is CNc1cc(C)nc(COc2ccccc2C(F)(F)F)n1. The molecule has 0 aliphatic rings. The van der Waals surface area contributed by atoms with Crippen molar-refractivity contribution in [3.05, 3.63) is 47.4 Å². The number of hydrogen-bond donors (Lipinski definition) is 1. The molecule has 1 aromatic carbocycles. The molecule has 1 N–H and O–H groups in total. The van der Waals surface area contributed by atoms with Crippen LogP contribution >= 0.6 is 0 Å². The van der Waals surface area contributed by atoms with Gasteiger partial charge >= 0.3 is 6.18 Å². The van der Waals surface area contributed by atoms with Crippen molar-refractivity contribution < 1.29 is 17.9 Å². The molecule has 2 rings (SSSR count). The van der Waals surface area contributed by atoms with Crippen molar-refractivity contribution in [3.8, 4) is 5.75 Å². The number of nitrogens with one attached hydrogen (secondary N) is 1. The molecule has 0 saturated carbocycles. The fourth-order valence-corrected chi connectivity index (χ4v) is 1.79. The zero-order chi connectivity index (χ0) is 15.5. The summed E-state index contributed by atoms with van der Waals surface area (Å²) in [5, 5.41) is 2.86. The van der Waals surface area contributed by atoms with E-state index in [-0.39, 0.29) is 12.4 Å². The second-order valence-corrected chi connectivity index (χ2v) is 4.34. The number of rotatable bonds is 4. The molecular formula is C14H14F3N3O. The molecular weight excluding hydrogens is 283 g/mol. The van der Waals surface area contributed by atoms with Gasteiger partial charge in [-0.3, -0.25) is 0 Å². The van der Waals surface area contributed by atoms with Crippen molar-refractivity contribution >= 4 is 5.82 Å². The lowest BCUT2D eigenvalue weighted by molar-refractivity contribution is -0.139. The van der Waals surface area contributed by atoms with Crippen LogP contribution in [0.1, 0.15) is 17.1 Å². The Labute approximate surface area is 120 Å². The second kappa shape index (κ2) is 5.99. The number of nitrogens with zero attached hydrogens (tertiary/aromatic N) is 2. The smallest absolute Gasteiger partial charge is 0.419 e. The maximum absolute atomic E-state index is 12.8. The summed E-state index contributed by atoms with van der Waals surface area (Å²) < 4.78 is 43.7. The zero-order valence-corrected chi connectivity index (χ0v) is 11.5. The summed E-state index contributed by atoms with van der Waals surface area (Å²) in [7, 11) is 1.70. The van der Waals surface area contributed by atoms with Gasteiger partial charge in [-0.2, -0.15) is 13.2 Å². The Hall–Kier alpha value is -2.31. The molecule has 0 atom stereocenters. The molecule has 0 bridgehead atoms. The molecule has 0 aliphatic heterocycles. The van der Waals surface area contributed by atoms with E-state index in [4.69, 9.17) is 4.74 Å². The van der Waals surface area contributed by atoms with Crippen molar-refractivity contribution in [2.24, 2.45) is 0 Å². The maximum Gasteiger partial charge on any atom is 0.419 e. The molecule has 112 valence electrons. The number of ether oxygens (including phenoxy) is 1. The molecule has 21 heavy (non-hydrogen) atoms. The normalized spacial score (nSPS) is 11.3. The summed E-state index contributed by atoms with van der Waals surface area (Å²) in [6.07, 6.45) is -4.46. The highest BCUT2D eigenvalue weighted by Gasteiger charge is 2.34. The van der Waals surface area contributed by atoms with Gasteiger partial charge in [0.15, 0.2) is 5.82 Å². The first-order valence-electron chi connectivity index (χ1n) is 6.21. The van der Waals surface area contributed by atoms with E-state index < -0.39 is 11.7 Å². The molecule has 7 heteroatoms. The number of para-hydroxylation sites is 1. The third kappa shape index (κ3) is 3.84. The van der Waals surface area contributed by atoms with E-state index in [2.05, 4.69) is 15.3 Å². The first kappa shape index (κ1) is 15.1. The average molecular weight is 297 g/mol. The van der Waals surface area contributed by atoms with Crippen LogP contribution in [0.25, 0.3) is 0 Å². The molecule has 0 unspecified atom stereocenters. The Balaban J connectivity index is 2.19. The lowest BCUT2D eigenvalue weighted by atomic mass is 10.2. The summed E-state index contributed by atoms with van der Waals surface area (Å²) in [6.45, 7) is 1.64. The minimum atomic E-state index is -4.46. The number of alkyl halides is 3. The van der Waals surface area contributed by atoms with E-state index in [1.807, 2.05) is 0 Å². The number of hydrogen-bond acceptors (Lipinski definition) is 4. The van der Waals surface area contributed by atoms with Gasteiger partial charge in [-0.1, -0.05) is 12.1 Å². The van der Waals surface area contributed by atoms with E-state index >= 15 is 0 Å². The van der Waals surface area contributed by atoms with E-state index in [1.54, 1.807) is 20.0 Å². The van der Waals surface area contributed by atoms with Gasteiger partial charge in [0.2, 0.25) is 0 Å². The van der Waals surface area contributed by atoms with E-state index in [0.717, 1.165) is 6.07 Å². The van der Waals surface area contributed by atoms with Gasteiger partial charge < -0.3 is 10.1 Å². The molecule has 0 aliphatic carbocycles. The third-order valence-corrected chi connectivity index (χ3v) is 2.71. The van der Waals surface area contributed by atoms with Crippen molar-refractivity contribution in [3.63, 3.8) is 0 Å². The van der Waals surface area contributed by atoms with Crippen LogP contribution in [-0.4, -0.2) is 17.0 Å². The summed E-state index contributed by atoms with van der Waals surface area (Å²) in [6, 6.07) is 6.79. The van der Waals surface area contributed by atoms with Crippen LogP contribution in [0, 0.1) is 6.92 Å². The molecule has 1 heterocycles. The Kier molecular flexibility index (Phi) is 4.30. The van der Waals surface area contributed by atoms with Gasteiger partial charge in [0.25, 0.3) is 0 Å². The minimum absolute atomic E-state index is 0.135. The number of benzene rings is 1. The molecule has 0 radical (unpaired) electrons. The number of anilines is 1. The van der Waals surface area contributed by atoms with Crippen LogP contribution in [0.4, 0.5) is 19.0 Å². The molecule has 0 spiro atoms. The van der Waals surface area contributed by atoms with Gasteiger partial charge in [-0.15, -0.1) is 0 Å². The van der Waals surface area contributed by atoms with Crippen molar-refractivity contribution in [2.45, 2.75) is 19.7 Å². The highest BCUT2D eigenvalue weighted by molar-refractivity contribution is 5.36. The zero-order valence-electron chi connectivity index (χ0n) is 11.5. The second-order valence-electron chi connectivity index (χ2n) is 4.34. The van der Waals surface area contributed by atoms with Crippen LogP contribution in [-0.2, 0) is 12.8 Å². The van der Waals surface area contributed by atoms with Crippen LogP contribution in [0.5, 0.6) is 5.75 Å². The highest BCUT2D eigenvalue weighted by Crippen LogP contribution is 2.36. The Morgan fingerprint density at radius 3 is 2.57 bits per heavy atom. The highest BCUT2D eigenvalue weighted by atomic mass is 19.4. The minimum Gasteiger partial charge on any atom is -0.485 e. The molecule has 0 fully saturated rings. The average Bonchev–Trinajstić information content (AvgIpc) is 2.44. The van der Waals surface area contributed by atoms with Crippen molar-refractivity contribution in [2.75, 3.05) is 12.4 Å². The van der Waals surface area contributed by atoms with Gasteiger partial charge in [0.05, 0.1) is 5.56 Å². The summed E-state index contributed by atoms with van der Waals surface area (Å²) in [4.78, 5) is 8.26. The quantitative estimate of drug-likeness (QED) is 0.939. The fourth-order valence-electron chi connectivity index (χ4n) is 1.79. The fraction of sp³-hybridized carbons (Fsp3) is 0.286. The molecule has 2 aromatic rings. The lowest BCUT2D eigenvalue weighted by Crippen LogP contribution is -2.10. The van der Waals surface area contributed by atoms with Gasteiger partial charge in [0, 0.05) is 18.8 Å². The van der Waals surface area contributed by atoms with E-state index in [9.17, 15) is 13.2 Å². The Morgan fingerprint density at radius 1 is 1.19 bits per heavy atom. The first-order valence-corrected chi connectivity index (χ1v) is 6.21. The van der Waals surface area contributed by atoms with Crippen LogP contribution in [0.15, 0.2) is 30.3 Å². The van der Waals surface area contributed by atoms with Gasteiger partial charge in [0.1, 0.15) is 18.2 Å². The monoisotopic (exact) mass is 297 g/mol. The molecule has 4 nitrogen and oxygen atoms in total. The van der Waals surface area contributed by atoms with Gasteiger partial charge in [-0.25, -0.2) is 9.97 Å². The third-order valence-electron chi connectivity index (χ3n) is 2.71. The largest absolute Gasteiger partial charge is 0.485 e. The van der Waals surface area contributed by atoms with E-state index in [1.165, 1.54) is 18.2 Å². The van der Waals surface area contributed by atoms with Crippen LogP contribution in [0.2, 0.25) is 0 Å². The predicted octanol–water partition coefficient (Wildman–Crippen LogP) is 3.42. The van der Waals surface area contributed by atoms with E-state index in [0.29, 0.717) is 17.3 Å². The molecule has 0 amide bonds. The Morgan fingerprint density at radius 2 is 1.90 bits per heavy atom. The summed E-state index contributed by atoms with van der Waals surface area (Å²) in [5.74, 6) is 0.669. The van der Waals surface area contributed by atoms with Crippen molar-refractivity contribution in [1.82, 2.24) is 9.97 Å². The topological polar surface area (TPSA) is 47.0 Å². The lowest BCUT2D eigenvalue weighted by Gasteiger charge is -2.13. The molecule has 1 aromatic heterocycles.